The number of aliphatic hydroxyl groups is 1. The minimum atomic E-state index is -0.675. The van der Waals surface area contributed by atoms with Crippen molar-refractivity contribution in [3.63, 3.8) is 0 Å². The van der Waals surface area contributed by atoms with Crippen LogP contribution < -0.4 is 5.73 Å². The maximum absolute atomic E-state index is 13.0. The van der Waals surface area contributed by atoms with E-state index in [1.807, 2.05) is 0 Å². The normalized spacial score (nSPS) is 21.7. The second-order valence-corrected chi connectivity index (χ2v) is 3.52. The molecular formula is C11H10FNO2. The van der Waals surface area contributed by atoms with Gasteiger partial charge < -0.3 is 10.8 Å². The second-order valence-electron chi connectivity index (χ2n) is 3.52. The molecule has 1 aliphatic carbocycles. The summed E-state index contributed by atoms with van der Waals surface area (Å²) in [7, 11) is 0. The molecule has 0 aliphatic heterocycles. The van der Waals surface area contributed by atoms with Crippen molar-refractivity contribution in [1.29, 1.82) is 0 Å². The fourth-order valence-corrected chi connectivity index (χ4v) is 1.83. The van der Waals surface area contributed by atoms with Crippen molar-refractivity contribution >= 4 is 11.5 Å². The van der Waals surface area contributed by atoms with E-state index in [1.54, 1.807) is 0 Å². The summed E-state index contributed by atoms with van der Waals surface area (Å²) in [6.45, 7) is 0. The van der Waals surface area contributed by atoms with E-state index in [0.29, 0.717) is 23.1 Å². The van der Waals surface area contributed by atoms with Crippen LogP contribution in [0.25, 0.3) is 5.57 Å². The van der Waals surface area contributed by atoms with E-state index < -0.39 is 17.8 Å². The number of hydrogen-bond donors (Lipinski definition) is 2. The number of carbonyl (C=O) groups is 1. The van der Waals surface area contributed by atoms with Gasteiger partial charge in [0.15, 0.2) is 0 Å². The monoisotopic (exact) mass is 207 g/mol. The number of rotatable bonds is 1. The van der Waals surface area contributed by atoms with E-state index in [9.17, 15) is 14.3 Å². The third-order valence-electron chi connectivity index (χ3n) is 2.45. The zero-order chi connectivity index (χ0) is 11.0. The molecule has 1 amide bonds. The molecule has 1 aliphatic rings. The van der Waals surface area contributed by atoms with Gasteiger partial charge >= 0.3 is 0 Å². The van der Waals surface area contributed by atoms with Gasteiger partial charge in [-0.05, 0) is 28.8 Å². The lowest BCUT2D eigenvalue weighted by Gasteiger charge is -2.01. The number of primary amides is 1. The first kappa shape index (κ1) is 9.86. The van der Waals surface area contributed by atoms with Crippen molar-refractivity contribution in [3.8, 4) is 0 Å². The van der Waals surface area contributed by atoms with Crippen molar-refractivity contribution in [3.05, 3.63) is 41.2 Å². The van der Waals surface area contributed by atoms with Crippen LogP contribution in [0.4, 0.5) is 4.39 Å². The van der Waals surface area contributed by atoms with Gasteiger partial charge in [0, 0.05) is 12.5 Å². The molecule has 2 rings (SSSR count). The highest BCUT2D eigenvalue weighted by molar-refractivity contribution is 5.95. The van der Waals surface area contributed by atoms with Crippen LogP contribution in [0, 0.1) is 5.82 Å². The quantitative estimate of drug-likeness (QED) is 0.678. The first-order chi connectivity index (χ1) is 7.08. The smallest absolute Gasteiger partial charge is 0.241 e. The van der Waals surface area contributed by atoms with Crippen molar-refractivity contribution in [2.75, 3.05) is 0 Å². The van der Waals surface area contributed by atoms with Crippen LogP contribution in [-0.2, 0) is 4.79 Å². The Labute approximate surface area is 86.0 Å². The van der Waals surface area contributed by atoms with Gasteiger partial charge in [0.05, 0.1) is 6.10 Å². The number of hydrogen-bond acceptors (Lipinski definition) is 2. The minimum Gasteiger partial charge on any atom is -0.388 e. The summed E-state index contributed by atoms with van der Waals surface area (Å²) in [5, 5.41) is 9.64. The van der Waals surface area contributed by atoms with Gasteiger partial charge in [-0.15, -0.1) is 0 Å². The van der Waals surface area contributed by atoms with E-state index in [4.69, 9.17) is 5.73 Å². The SMILES string of the molecule is NC(=O)C=C1CC(O)c2ccc(F)cc21. The molecule has 1 unspecified atom stereocenters. The maximum Gasteiger partial charge on any atom is 0.241 e. The van der Waals surface area contributed by atoms with Crippen LogP contribution >= 0.6 is 0 Å². The molecule has 1 atom stereocenters. The lowest BCUT2D eigenvalue weighted by atomic mass is 10.1. The highest BCUT2D eigenvalue weighted by Gasteiger charge is 2.25. The third kappa shape index (κ3) is 1.76. The highest BCUT2D eigenvalue weighted by atomic mass is 19.1. The topological polar surface area (TPSA) is 63.3 Å². The predicted octanol–water partition coefficient (Wildman–Crippen LogP) is 1.13. The maximum atomic E-state index is 13.0. The molecule has 15 heavy (non-hydrogen) atoms. The summed E-state index contributed by atoms with van der Waals surface area (Å²) in [5.41, 5.74) is 6.82. The first-order valence-corrected chi connectivity index (χ1v) is 4.56. The lowest BCUT2D eigenvalue weighted by molar-refractivity contribution is -0.113. The Kier molecular flexibility index (Phi) is 2.28. The molecule has 1 aromatic carbocycles. The molecule has 0 heterocycles. The minimum absolute atomic E-state index is 0.307. The van der Waals surface area contributed by atoms with Crippen LogP contribution in [0.2, 0.25) is 0 Å². The van der Waals surface area contributed by atoms with Crippen molar-refractivity contribution < 1.29 is 14.3 Å². The van der Waals surface area contributed by atoms with Gasteiger partial charge in [0.2, 0.25) is 5.91 Å². The summed E-state index contributed by atoms with van der Waals surface area (Å²) in [5.74, 6) is -0.979. The number of nitrogens with two attached hydrogens (primary N) is 1. The molecule has 3 nitrogen and oxygen atoms in total. The number of halogens is 1. The lowest BCUT2D eigenvalue weighted by Crippen LogP contribution is -2.06. The van der Waals surface area contributed by atoms with Crippen molar-refractivity contribution in [2.45, 2.75) is 12.5 Å². The predicted molar refractivity (Wildman–Crippen MR) is 53.1 cm³/mol. The number of fused-ring (bicyclic) bond motifs is 1. The average molecular weight is 207 g/mol. The van der Waals surface area contributed by atoms with Gasteiger partial charge in [-0.1, -0.05) is 6.07 Å². The number of aliphatic hydroxyl groups excluding tert-OH is 1. The molecule has 78 valence electrons. The summed E-state index contributed by atoms with van der Waals surface area (Å²) in [6.07, 6.45) is 0.863. The average Bonchev–Trinajstić information content (AvgIpc) is 2.42. The van der Waals surface area contributed by atoms with Crippen LogP contribution in [-0.4, -0.2) is 11.0 Å². The van der Waals surface area contributed by atoms with Crippen LogP contribution in [0.15, 0.2) is 24.3 Å². The molecule has 0 spiro atoms. The first-order valence-electron chi connectivity index (χ1n) is 4.56. The summed E-state index contributed by atoms with van der Waals surface area (Å²) in [6, 6.07) is 4.12. The van der Waals surface area contributed by atoms with E-state index in [1.165, 1.54) is 24.3 Å². The van der Waals surface area contributed by atoms with E-state index >= 15 is 0 Å². The second kappa shape index (κ2) is 3.47. The van der Waals surface area contributed by atoms with Gasteiger partial charge in [-0.2, -0.15) is 0 Å². The fourth-order valence-electron chi connectivity index (χ4n) is 1.83. The third-order valence-corrected chi connectivity index (χ3v) is 2.45. The Bertz CT molecular complexity index is 454. The number of benzene rings is 1. The molecule has 0 bridgehead atoms. The molecule has 0 aromatic heterocycles. The standard InChI is InChI=1S/C11H10FNO2/c12-7-1-2-8-9(5-7)6(3-10(8)14)4-11(13)15/h1-2,4-5,10,14H,3H2,(H2,13,15). The highest BCUT2D eigenvalue weighted by Crippen LogP contribution is 2.39. The van der Waals surface area contributed by atoms with E-state index in [0.717, 1.165) is 0 Å². The largest absolute Gasteiger partial charge is 0.388 e. The van der Waals surface area contributed by atoms with Gasteiger partial charge in [0.25, 0.3) is 0 Å². The summed E-state index contributed by atoms with van der Waals surface area (Å²) in [4.78, 5) is 10.7. The van der Waals surface area contributed by atoms with Crippen molar-refractivity contribution in [2.24, 2.45) is 5.73 Å². The van der Waals surface area contributed by atoms with Gasteiger partial charge in [0.1, 0.15) is 5.82 Å². The Morgan fingerprint density at radius 1 is 1.60 bits per heavy atom. The Balaban J connectivity index is 2.53. The molecule has 0 radical (unpaired) electrons. The number of amides is 1. The molecule has 0 saturated heterocycles. The molecule has 4 heteroatoms. The summed E-state index contributed by atoms with van der Waals surface area (Å²) < 4.78 is 13.0. The number of carbonyl (C=O) groups excluding carboxylic acids is 1. The van der Waals surface area contributed by atoms with E-state index in [-0.39, 0.29) is 0 Å². The zero-order valence-electron chi connectivity index (χ0n) is 7.90. The van der Waals surface area contributed by atoms with Crippen LogP contribution in [0.5, 0.6) is 0 Å². The molecule has 0 saturated carbocycles. The molecular weight excluding hydrogens is 197 g/mol. The van der Waals surface area contributed by atoms with E-state index in [2.05, 4.69) is 0 Å². The molecule has 0 fully saturated rings. The van der Waals surface area contributed by atoms with Gasteiger partial charge in [-0.25, -0.2) is 4.39 Å². The molecule has 1 aromatic rings. The molecule has 3 N–H and O–H groups in total. The summed E-state index contributed by atoms with van der Waals surface area (Å²) >= 11 is 0. The Morgan fingerprint density at radius 2 is 2.33 bits per heavy atom. The van der Waals surface area contributed by atoms with Gasteiger partial charge in [-0.3, -0.25) is 4.79 Å². The van der Waals surface area contributed by atoms with Crippen molar-refractivity contribution in [1.82, 2.24) is 0 Å². The fraction of sp³-hybridized carbons (Fsp3) is 0.182. The van der Waals surface area contributed by atoms with Crippen LogP contribution in [0.3, 0.4) is 0 Å². The Morgan fingerprint density at radius 3 is 3.00 bits per heavy atom. The van der Waals surface area contributed by atoms with Crippen LogP contribution in [0.1, 0.15) is 23.7 Å². The zero-order valence-corrected chi connectivity index (χ0v) is 7.90. The Hall–Kier alpha value is -1.68.